The highest BCUT2D eigenvalue weighted by atomic mass is 32.2. The molecule has 4 fully saturated rings. The third kappa shape index (κ3) is 7.51. The van der Waals surface area contributed by atoms with Crippen LogP contribution in [0.2, 0.25) is 0 Å². The summed E-state index contributed by atoms with van der Waals surface area (Å²) >= 11 is 1.37. The molecule has 2 unspecified atom stereocenters. The van der Waals surface area contributed by atoms with E-state index in [0.29, 0.717) is 5.75 Å². The van der Waals surface area contributed by atoms with Gasteiger partial charge < -0.3 is 42.6 Å². The average Bonchev–Trinajstić information content (AvgIpc) is 3.60. The van der Waals surface area contributed by atoms with E-state index in [-0.39, 0.29) is 24.3 Å². The molecule has 7 rings (SSSR count). The number of carbonyl (C=O) groups is 5. The summed E-state index contributed by atoms with van der Waals surface area (Å²) in [4.78, 5) is 65.7. The summed E-state index contributed by atoms with van der Waals surface area (Å²) in [6.45, 7) is 6.64. The second-order valence-corrected chi connectivity index (χ2v) is 14.7. The Morgan fingerprint density at radius 2 is 1.46 bits per heavy atom. The summed E-state index contributed by atoms with van der Waals surface area (Å²) < 4.78 is 61.3. The molecule has 0 aliphatic carbocycles. The maximum Gasteiger partial charge on any atom is 0.303 e. The number of thioether (sulfide) groups is 1. The Bertz CT molecular complexity index is 1730. The minimum Gasteiger partial charge on any atom is -0.463 e. The fraction of sp³-hybridized carbons (Fsp3) is 0.541. The van der Waals surface area contributed by atoms with E-state index in [1.54, 1.807) is 24.3 Å². The minimum absolute atomic E-state index is 0.0862. The molecule has 0 N–H and O–H groups in total. The lowest BCUT2D eigenvalue weighted by Crippen LogP contribution is -2.68. The fourth-order valence-corrected chi connectivity index (χ4v) is 8.43. The first-order valence-corrected chi connectivity index (χ1v) is 18.6. The summed E-state index contributed by atoms with van der Waals surface area (Å²) in [7, 11) is 0. The molecule has 2 aromatic rings. The van der Waals surface area contributed by atoms with Crippen molar-refractivity contribution in [3.8, 4) is 0 Å². The molecular formula is C37H41NO15S. The van der Waals surface area contributed by atoms with Crippen molar-refractivity contribution < 1.29 is 71.3 Å². The molecule has 2 amide bonds. The third-order valence-electron chi connectivity index (χ3n) is 9.51. The number of amides is 2. The molecule has 17 heteroatoms. The Morgan fingerprint density at radius 3 is 2.09 bits per heavy atom. The van der Waals surface area contributed by atoms with Crippen molar-refractivity contribution >= 4 is 41.5 Å². The molecule has 5 heterocycles. The molecule has 0 saturated carbocycles. The Labute approximate surface area is 314 Å². The topological polar surface area (TPSA) is 181 Å². The van der Waals surface area contributed by atoms with E-state index < -0.39 is 102 Å². The van der Waals surface area contributed by atoms with Gasteiger partial charge in [0.2, 0.25) is 0 Å². The van der Waals surface area contributed by atoms with Crippen molar-refractivity contribution in [2.45, 2.75) is 107 Å². The zero-order valence-corrected chi connectivity index (χ0v) is 31.0. The van der Waals surface area contributed by atoms with Gasteiger partial charge in [-0.05, 0) is 17.9 Å². The van der Waals surface area contributed by atoms with Crippen molar-refractivity contribution in [2.24, 2.45) is 0 Å². The molecule has 0 aromatic heterocycles. The Morgan fingerprint density at radius 1 is 0.815 bits per heavy atom. The lowest BCUT2D eigenvalue weighted by atomic mass is 9.95. The first-order chi connectivity index (χ1) is 25.9. The number of imide groups is 1. The lowest BCUT2D eigenvalue weighted by molar-refractivity contribution is -0.397. The molecule has 5 aliphatic rings. The zero-order chi connectivity index (χ0) is 38.3. The lowest BCUT2D eigenvalue weighted by Gasteiger charge is -2.52. The van der Waals surface area contributed by atoms with Crippen LogP contribution < -0.4 is 0 Å². The van der Waals surface area contributed by atoms with E-state index in [0.717, 1.165) is 10.5 Å². The summed E-state index contributed by atoms with van der Waals surface area (Å²) in [6.07, 6.45) is -9.91. The number of carbonyl (C=O) groups excluding carboxylic acids is 5. The van der Waals surface area contributed by atoms with Crippen LogP contribution in [0.25, 0.3) is 0 Å². The number of esters is 3. The van der Waals surface area contributed by atoms with Crippen LogP contribution in [-0.4, -0.2) is 120 Å². The van der Waals surface area contributed by atoms with Gasteiger partial charge in [0.05, 0.1) is 17.7 Å². The average molecular weight is 772 g/mol. The van der Waals surface area contributed by atoms with Crippen LogP contribution >= 0.6 is 11.8 Å². The van der Waals surface area contributed by atoms with Crippen molar-refractivity contribution in [3.05, 3.63) is 71.3 Å². The molecule has 5 aliphatic heterocycles. The number of nitrogens with zero attached hydrogens (tertiary/aromatic N) is 1. The highest BCUT2D eigenvalue weighted by molar-refractivity contribution is 7.99. The van der Waals surface area contributed by atoms with Crippen LogP contribution in [0, 0.1) is 0 Å². The second-order valence-electron chi connectivity index (χ2n) is 13.3. The van der Waals surface area contributed by atoms with Gasteiger partial charge in [-0.2, -0.15) is 0 Å². The van der Waals surface area contributed by atoms with Crippen molar-refractivity contribution in [1.29, 1.82) is 0 Å². The summed E-state index contributed by atoms with van der Waals surface area (Å²) in [5.74, 6) is -4.59. The van der Waals surface area contributed by atoms with Gasteiger partial charge in [0.1, 0.15) is 42.5 Å². The standard InChI is InChI=1S/C37H41NO15S/c1-6-54-36-26(38-32(42)22-14-10-11-15-23(22)33(38)43)29(27-25(49-36)17-45-34(50-27)21-12-8-7-9-13-21)51-37(5)52-31-30(47-20(4)41)28(46-19(3)40)24(16-44-18(2)39)48-35(31)53-37/h7-15,24-31,34-36H,6,16-17H2,1-5H3/t24-,25-,26-,27-,28+,29-,30+,31-,34?,35-,36+,37?/m1/s1. The molecule has 0 radical (unpaired) electrons. The fourth-order valence-electron chi connectivity index (χ4n) is 7.41. The van der Waals surface area contributed by atoms with Crippen LogP contribution in [-0.2, 0) is 61.8 Å². The first kappa shape index (κ1) is 38.3. The number of fused-ring (bicyclic) bond motifs is 3. The van der Waals surface area contributed by atoms with Crippen LogP contribution in [0.3, 0.4) is 0 Å². The van der Waals surface area contributed by atoms with E-state index in [1.807, 2.05) is 37.3 Å². The van der Waals surface area contributed by atoms with Crippen molar-refractivity contribution in [3.63, 3.8) is 0 Å². The third-order valence-corrected chi connectivity index (χ3v) is 10.6. The van der Waals surface area contributed by atoms with Crippen molar-refractivity contribution in [2.75, 3.05) is 19.0 Å². The minimum atomic E-state index is -2.01. The largest absolute Gasteiger partial charge is 0.463 e. The van der Waals surface area contributed by atoms with E-state index in [4.69, 9.17) is 47.4 Å². The predicted molar refractivity (Wildman–Crippen MR) is 183 cm³/mol. The van der Waals surface area contributed by atoms with Gasteiger partial charge >= 0.3 is 17.9 Å². The highest BCUT2D eigenvalue weighted by Gasteiger charge is 2.63. The van der Waals surface area contributed by atoms with Crippen LogP contribution in [0.15, 0.2) is 54.6 Å². The normalized spacial score (nSPS) is 35.8. The molecular weight excluding hydrogens is 730 g/mol. The number of benzene rings is 2. The van der Waals surface area contributed by atoms with Gasteiger partial charge in [-0.25, -0.2) is 0 Å². The second kappa shape index (κ2) is 15.7. The maximum atomic E-state index is 14.1. The summed E-state index contributed by atoms with van der Waals surface area (Å²) in [5, 5.41) is 0. The van der Waals surface area contributed by atoms with Crippen LogP contribution in [0.4, 0.5) is 0 Å². The van der Waals surface area contributed by atoms with Gasteiger partial charge in [-0.3, -0.25) is 33.6 Å². The number of hydrogen-bond acceptors (Lipinski definition) is 16. The van der Waals surface area contributed by atoms with E-state index in [9.17, 15) is 24.0 Å². The molecule has 54 heavy (non-hydrogen) atoms. The van der Waals surface area contributed by atoms with Crippen LogP contribution in [0.1, 0.15) is 67.2 Å². The highest BCUT2D eigenvalue weighted by Crippen LogP contribution is 2.46. The molecule has 290 valence electrons. The predicted octanol–water partition coefficient (Wildman–Crippen LogP) is 2.87. The summed E-state index contributed by atoms with van der Waals surface area (Å²) in [6, 6.07) is 14.7. The smallest absolute Gasteiger partial charge is 0.303 e. The van der Waals surface area contributed by atoms with E-state index >= 15 is 0 Å². The van der Waals surface area contributed by atoms with Gasteiger partial charge in [-0.1, -0.05) is 49.4 Å². The number of rotatable bonds is 10. The number of ether oxygens (including phenoxy) is 10. The SMILES string of the molecule is CCS[C@@H]1O[C@@H]2COC(c3ccccc3)O[C@H]2[C@H](OC2(C)O[C@H]3O[C@H](COC(C)=O)[C@H](OC(C)=O)[C@H](OC(C)=O)[C@H]3O2)[C@H]1N1C(=O)c2ccccc2C1=O. The molecule has 16 nitrogen and oxygen atoms in total. The molecule has 12 atom stereocenters. The van der Waals surface area contributed by atoms with Gasteiger partial charge in [0, 0.05) is 33.3 Å². The van der Waals surface area contributed by atoms with Gasteiger partial charge in [0.15, 0.2) is 30.9 Å². The summed E-state index contributed by atoms with van der Waals surface area (Å²) in [5.41, 5.74) is 0.382. The molecule has 2 aromatic carbocycles. The number of hydrogen-bond donors (Lipinski definition) is 0. The first-order valence-electron chi connectivity index (χ1n) is 17.6. The van der Waals surface area contributed by atoms with Crippen molar-refractivity contribution in [1.82, 2.24) is 4.90 Å². The zero-order valence-electron chi connectivity index (χ0n) is 30.1. The Kier molecular flexibility index (Phi) is 11.1. The van der Waals surface area contributed by atoms with Gasteiger partial charge in [-0.15, -0.1) is 11.8 Å². The van der Waals surface area contributed by atoms with Crippen LogP contribution in [0.5, 0.6) is 0 Å². The quantitative estimate of drug-likeness (QED) is 0.195. The van der Waals surface area contributed by atoms with Gasteiger partial charge in [0.25, 0.3) is 17.8 Å². The monoisotopic (exact) mass is 771 g/mol. The van der Waals surface area contributed by atoms with E-state index in [1.165, 1.54) is 39.5 Å². The Balaban J connectivity index is 1.26. The molecule has 0 bridgehead atoms. The maximum absolute atomic E-state index is 14.1. The Hall–Kier alpha value is -3.94. The van der Waals surface area contributed by atoms with E-state index in [2.05, 4.69) is 0 Å². The molecule has 0 spiro atoms. The molecule has 4 saturated heterocycles.